The van der Waals surface area contributed by atoms with Crippen LogP contribution >= 0.6 is 0 Å². The van der Waals surface area contributed by atoms with Crippen molar-refractivity contribution in [1.29, 1.82) is 0 Å². The molecule has 2 aromatic carbocycles. The minimum atomic E-state index is -3.71. The number of aryl methyl sites for hydroxylation is 1. The summed E-state index contributed by atoms with van der Waals surface area (Å²) in [6.45, 7) is 3.63. The van der Waals surface area contributed by atoms with Crippen molar-refractivity contribution in [3.8, 4) is 0 Å². The summed E-state index contributed by atoms with van der Waals surface area (Å²) < 4.78 is 29.8. The number of imidazole rings is 1. The molecule has 31 heavy (non-hydrogen) atoms. The first-order valence-corrected chi connectivity index (χ1v) is 11.9. The Bertz CT molecular complexity index is 1160. The van der Waals surface area contributed by atoms with E-state index in [2.05, 4.69) is 10.3 Å². The third-order valence-corrected chi connectivity index (χ3v) is 7.51. The van der Waals surface area contributed by atoms with Crippen molar-refractivity contribution in [3.05, 3.63) is 77.9 Å². The molecule has 0 radical (unpaired) electrons. The highest BCUT2D eigenvalue weighted by Crippen LogP contribution is 2.24. The maximum absolute atomic E-state index is 13.1. The topological polar surface area (TPSA) is 84.3 Å². The highest BCUT2D eigenvalue weighted by Gasteiger charge is 2.29. The maximum Gasteiger partial charge on any atom is 0.257 e. The number of nitrogens with one attached hydrogen (secondary N) is 1. The van der Waals surface area contributed by atoms with Gasteiger partial charge in [0, 0.05) is 37.7 Å². The molecular formula is C23H26N4O3S. The zero-order valence-electron chi connectivity index (χ0n) is 17.5. The normalized spacial score (nSPS) is 15.0. The lowest BCUT2D eigenvalue weighted by Crippen LogP contribution is -2.36. The molecule has 162 valence electrons. The van der Waals surface area contributed by atoms with Gasteiger partial charge in [0.15, 0.2) is 0 Å². The average molecular weight is 439 g/mol. The number of piperidine rings is 1. The van der Waals surface area contributed by atoms with E-state index in [0.29, 0.717) is 25.3 Å². The lowest BCUT2D eigenvalue weighted by molar-refractivity contribution is 0.102. The second-order valence-corrected chi connectivity index (χ2v) is 9.62. The first kappa shape index (κ1) is 21.3. The molecule has 0 spiro atoms. The fourth-order valence-electron chi connectivity index (χ4n) is 3.78. The van der Waals surface area contributed by atoms with E-state index in [1.54, 1.807) is 24.4 Å². The zero-order valence-corrected chi connectivity index (χ0v) is 18.3. The number of carbonyl (C=O) groups is 1. The lowest BCUT2D eigenvalue weighted by Gasteiger charge is -2.26. The van der Waals surface area contributed by atoms with E-state index in [1.807, 2.05) is 42.0 Å². The van der Waals surface area contributed by atoms with Crippen LogP contribution in [0.1, 0.15) is 41.0 Å². The molecule has 0 atom stereocenters. The van der Waals surface area contributed by atoms with Crippen molar-refractivity contribution < 1.29 is 13.2 Å². The highest BCUT2D eigenvalue weighted by atomic mass is 32.2. The zero-order chi connectivity index (χ0) is 21.8. The highest BCUT2D eigenvalue weighted by molar-refractivity contribution is 7.89. The molecule has 1 fully saturated rings. The van der Waals surface area contributed by atoms with Crippen LogP contribution in [-0.2, 0) is 16.6 Å². The number of carbonyl (C=O) groups excluding carboxylic acids is 1. The number of hydrogen-bond donors (Lipinski definition) is 1. The summed E-state index contributed by atoms with van der Waals surface area (Å²) >= 11 is 0. The number of hydrogen-bond acceptors (Lipinski definition) is 4. The van der Waals surface area contributed by atoms with Crippen LogP contribution in [0.3, 0.4) is 0 Å². The quantitative estimate of drug-likeness (QED) is 0.636. The molecule has 7 nitrogen and oxygen atoms in total. The molecule has 3 aromatic rings. The predicted molar refractivity (Wildman–Crippen MR) is 120 cm³/mol. The maximum atomic E-state index is 13.1. The number of benzene rings is 2. The Morgan fingerprint density at radius 3 is 2.42 bits per heavy atom. The number of anilines is 1. The summed E-state index contributed by atoms with van der Waals surface area (Å²) in [5, 5.41) is 2.83. The Hall–Kier alpha value is -2.97. The van der Waals surface area contributed by atoms with Crippen molar-refractivity contribution in [2.45, 2.75) is 37.6 Å². The van der Waals surface area contributed by atoms with Crippen molar-refractivity contribution in [3.63, 3.8) is 0 Å². The molecule has 0 aliphatic carbocycles. The summed E-state index contributed by atoms with van der Waals surface area (Å²) in [7, 11) is -3.71. The number of sulfonamides is 1. The summed E-state index contributed by atoms with van der Waals surface area (Å²) in [6, 6.07) is 13.9. The van der Waals surface area contributed by atoms with Gasteiger partial charge in [-0.25, -0.2) is 13.4 Å². The van der Waals surface area contributed by atoms with Crippen LogP contribution in [0.5, 0.6) is 0 Å². The van der Waals surface area contributed by atoms with E-state index in [4.69, 9.17) is 0 Å². The van der Waals surface area contributed by atoms with Gasteiger partial charge in [-0.05, 0) is 49.6 Å². The predicted octanol–water partition coefficient (Wildman–Crippen LogP) is 3.67. The van der Waals surface area contributed by atoms with Gasteiger partial charge in [-0.3, -0.25) is 4.79 Å². The molecule has 1 aliphatic rings. The fourth-order valence-corrected chi connectivity index (χ4v) is 5.49. The molecule has 1 amide bonds. The van der Waals surface area contributed by atoms with Gasteiger partial charge >= 0.3 is 0 Å². The van der Waals surface area contributed by atoms with E-state index in [0.717, 1.165) is 30.7 Å². The van der Waals surface area contributed by atoms with Crippen LogP contribution in [-0.4, -0.2) is 41.3 Å². The average Bonchev–Trinajstić information content (AvgIpc) is 3.20. The van der Waals surface area contributed by atoms with Crippen molar-refractivity contribution in [1.82, 2.24) is 13.9 Å². The SMILES string of the molecule is Cc1nccn1Cc1ccc(NC(=O)c2ccccc2S(=O)(=O)N2CCCCC2)cc1. The van der Waals surface area contributed by atoms with Gasteiger partial charge in [0.25, 0.3) is 5.91 Å². The van der Waals surface area contributed by atoms with Gasteiger partial charge in [-0.15, -0.1) is 0 Å². The van der Waals surface area contributed by atoms with Gasteiger partial charge in [0.2, 0.25) is 10.0 Å². The first-order valence-electron chi connectivity index (χ1n) is 10.4. The Kier molecular flexibility index (Phi) is 6.20. The van der Waals surface area contributed by atoms with Gasteiger partial charge in [0.1, 0.15) is 5.82 Å². The molecule has 1 aliphatic heterocycles. The Labute approximate surface area is 182 Å². The third-order valence-electron chi connectivity index (χ3n) is 5.55. The molecule has 0 bridgehead atoms. The molecule has 2 heterocycles. The summed E-state index contributed by atoms with van der Waals surface area (Å²) in [4.78, 5) is 17.2. The van der Waals surface area contributed by atoms with Gasteiger partial charge < -0.3 is 9.88 Å². The second kappa shape index (κ2) is 9.03. The molecule has 8 heteroatoms. The Balaban J connectivity index is 1.51. The summed E-state index contributed by atoms with van der Waals surface area (Å²) in [5.41, 5.74) is 1.85. The van der Waals surface area contributed by atoms with Crippen molar-refractivity contribution >= 4 is 21.6 Å². The van der Waals surface area contributed by atoms with Crippen LogP contribution < -0.4 is 5.32 Å². The number of amides is 1. The molecular weight excluding hydrogens is 412 g/mol. The third kappa shape index (κ3) is 4.70. The van der Waals surface area contributed by atoms with Gasteiger partial charge in [0.05, 0.1) is 10.5 Å². The van der Waals surface area contributed by atoms with Gasteiger partial charge in [-0.2, -0.15) is 4.31 Å². The summed E-state index contributed by atoms with van der Waals surface area (Å²) in [5.74, 6) is 0.498. The van der Waals surface area contributed by atoms with Crippen LogP contribution in [0.2, 0.25) is 0 Å². The number of aromatic nitrogens is 2. The van der Waals surface area contributed by atoms with E-state index in [-0.39, 0.29) is 10.5 Å². The van der Waals surface area contributed by atoms with E-state index >= 15 is 0 Å². The first-order chi connectivity index (χ1) is 14.9. The van der Waals surface area contributed by atoms with Crippen molar-refractivity contribution in [2.75, 3.05) is 18.4 Å². The van der Waals surface area contributed by atoms with E-state index in [9.17, 15) is 13.2 Å². The van der Waals surface area contributed by atoms with Gasteiger partial charge in [-0.1, -0.05) is 30.7 Å². The fraction of sp³-hybridized carbons (Fsp3) is 0.304. The summed E-state index contributed by atoms with van der Waals surface area (Å²) in [6.07, 6.45) is 6.41. The molecule has 1 N–H and O–H groups in total. The second-order valence-electron chi connectivity index (χ2n) is 7.71. The minimum Gasteiger partial charge on any atom is -0.331 e. The van der Waals surface area contributed by atoms with Crippen LogP contribution in [0, 0.1) is 6.92 Å². The molecule has 0 saturated carbocycles. The Morgan fingerprint density at radius 2 is 1.74 bits per heavy atom. The van der Waals surface area contributed by atoms with E-state index in [1.165, 1.54) is 10.4 Å². The standard InChI is InChI=1S/C23H26N4O3S/c1-18-24-13-16-26(18)17-19-9-11-20(12-10-19)25-23(28)21-7-3-4-8-22(21)31(29,30)27-14-5-2-6-15-27/h3-4,7-13,16H,2,5-6,14-15,17H2,1H3,(H,25,28). The van der Waals surface area contributed by atoms with Crippen molar-refractivity contribution in [2.24, 2.45) is 0 Å². The largest absolute Gasteiger partial charge is 0.331 e. The van der Waals surface area contributed by atoms with Crippen LogP contribution in [0.25, 0.3) is 0 Å². The number of nitrogens with zero attached hydrogens (tertiary/aromatic N) is 3. The van der Waals surface area contributed by atoms with Crippen LogP contribution in [0.4, 0.5) is 5.69 Å². The molecule has 4 rings (SSSR count). The van der Waals surface area contributed by atoms with E-state index < -0.39 is 15.9 Å². The Morgan fingerprint density at radius 1 is 1.03 bits per heavy atom. The lowest BCUT2D eigenvalue weighted by atomic mass is 10.1. The van der Waals surface area contributed by atoms with Crippen LogP contribution in [0.15, 0.2) is 65.8 Å². The smallest absolute Gasteiger partial charge is 0.257 e. The molecule has 0 unspecified atom stereocenters. The number of rotatable bonds is 6. The monoisotopic (exact) mass is 438 g/mol. The molecule has 1 saturated heterocycles. The minimum absolute atomic E-state index is 0.0570. The molecule has 1 aromatic heterocycles.